The van der Waals surface area contributed by atoms with E-state index in [0.29, 0.717) is 16.8 Å². The molecule has 0 aliphatic heterocycles. The van der Waals surface area contributed by atoms with Gasteiger partial charge in [-0.05, 0) is 29.8 Å². The van der Waals surface area contributed by atoms with E-state index in [9.17, 15) is 19.2 Å². The van der Waals surface area contributed by atoms with Gasteiger partial charge in [0, 0.05) is 27.8 Å². The molecule has 0 saturated carbocycles. The minimum absolute atomic E-state index is 0.0230. The van der Waals surface area contributed by atoms with E-state index in [1.165, 1.54) is 7.11 Å². The Hall–Kier alpha value is -5.74. The number of nitrogens with zero attached hydrogens (tertiary/aromatic N) is 3. The Bertz CT molecular complexity index is 2080. The monoisotopic (exact) mass is 587 g/mol. The van der Waals surface area contributed by atoms with Gasteiger partial charge in [0.2, 0.25) is 17.2 Å². The lowest BCUT2D eigenvalue weighted by Crippen LogP contribution is -2.23. The van der Waals surface area contributed by atoms with Gasteiger partial charge < -0.3 is 15.4 Å². The zero-order valence-electron chi connectivity index (χ0n) is 22.3. The smallest absolute Gasteiger partial charge is 0.233 e. The number of aromatic nitrogens is 3. The van der Waals surface area contributed by atoms with E-state index in [2.05, 4.69) is 25.6 Å². The lowest BCUT2D eigenvalue weighted by Gasteiger charge is -2.22. The van der Waals surface area contributed by atoms with Crippen molar-refractivity contribution in [3.8, 4) is 5.75 Å². The second-order valence-corrected chi connectivity index (χ2v) is 10.0. The molecule has 2 aliphatic rings. The van der Waals surface area contributed by atoms with Crippen molar-refractivity contribution < 1.29 is 23.9 Å². The SMILES string of the molecule is COc1ccc(Nc2nc(Cl)nc(Nc3cccc4c3C(=O)c3ccccc3C4=O)n2)c2c1C(=O)c1ccccc1C2=O. The Labute approximate surface area is 248 Å². The van der Waals surface area contributed by atoms with Crippen molar-refractivity contribution in [3.63, 3.8) is 0 Å². The van der Waals surface area contributed by atoms with Gasteiger partial charge in [-0.15, -0.1) is 0 Å². The third-order valence-electron chi connectivity index (χ3n) is 7.31. The first-order valence-corrected chi connectivity index (χ1v) is 13.4. The van der Waals surface area contributed by atoms with Crippen LogP contribution in [0.3, 0.4) is 0 Å². The normalized spacial score (nSPS) is 13.1. The summed E-state index contributed by atoms with van der Waals surface area (Å²) in [6, 6.07) is 21.2. The number of carbonyl (C=O) groups excluding carboxylic acids is 4. The average molecular weight is 588 g/mol. The van der Waals surface area contributed by atoms with Crippen LogP contribution in [-0.2, 0) is 0 Å². The number of fused-ring (bicyclic) bond motifs is 4. The zero-order chi connectivity index (χ0) is 29.8. The molecule has 10 nitrogen and oxygen atoms in total. The number of anilines is 4. The van der Waals surface area contributed by atoms with E-state index < -0.39 is 0 Å². The van der Waals surface area contributed by atoms with Gasteiger partial charge in [0.25, 0.3) is 0 Å². The van der Waals surface area contributed by atoms with Crippen LogP contribution in [0.2, 0.25) is 5.28 Å². The molecule has 0 fully saturated rings. The molecule has 5 aromatic rings. The molecule has 208 valence electrons. The predicted molar refractivity (Wildman–Crippen MR) is 157 cm³/mol. The summed E-state index contributed by atoms with van der Waals surface area (Å²) in [5.41, 5.74) is 2.41. The van der Waals surface area contributed by atoms with Crippen molar-refractivity contribution in [3.05, 3.63) is 129 Å². The van der Waals surface area contributed by atoms with Crippen LogP contribution in [-0.4, -0.2) is 45.2 Å². The molecule has 11 heteroatoms. The van der Waals surface area contributed by atoms with Crippen molar-refractivity contribution >= 4 is 58.0 Å². The molecule has 0 saturated heterocycles. The highest BCUT2D eigenvalue weighted by molar-refractivity contribution is 6.32. The summed E-state index contributed by atoms with van der Waals surface area (Å²) in [5, 5.41) is 5.79. The summed E-state index contributed by atoms with van der Waals surface area (Å²) in [7, 11) is 1.42. The highest BCUT2D eigenvalue weighted by Crippen LogP contribution is 2.38. The number of rotatable bonds is 5. The predicted octanol–water partition coefficient (Wildman–Crippen LogP) is 5.57. The molecule has 0 amide bonds. The molecule has 4 aromatic carbocycles. The first-order valence-electron chi connectivity index (χ1n) is 13.0. The molecule has 0 bridgehead atoms. The number of hydrogen-bond donors (Lipinski definition) is 2. The quantitative estimate of drug-likeness (QED) is 0.262. The van der Waals surface area contributed by atoms with Gasteiger partial charge in [-0.1, -0.05) is 60.7 Å². The van der Waals surface area contributed by atoms with E-state index in [1.807, 2.05) is 0 Å². The summed E-state index contributed by atoms with van der Waals surface area (Å²) < 4.78 is 5.42. The van der Waals surface area contributed by atoms with E-state index in [4.69, 9.17) is 16.3 Å². The highest BCUT2D eigenvalue weighted by Gasteiger charge is 2.35. The molecule has 0 radical (unpaired) electrons. The first kappa shape index (κ1) is 26.2. The third-order valence-corrected chi connectivity index (χ3v) is 7.48. The van der Waals surface area contributed by atoms with E-state index >= 15 is 0 Å². The molecule has 2 N–H and O–H groups in total. The summed E-state index contributed by atoms with van der Waals surface area (Å²) in [6.45, 7) is 0. The van der Waals surface area contributed by atoms with Crippen molar-refractivity contribution in [2.75, 3.05) is 17.7 Å². The fourth-order valence-electron chi connectivity index (χ4n) is 5.42. The van der Waals surface area contributed by atoms with Crippen LogP contribution in [0, 0.1) is 0 Å². The maximum atomic E-state index is 13.6. The number of halogens is 1. The standard InChI is InChI=1S/C32H18ClN5O5/c1-43-22-14-13-21(24-25(22)29(42)18-10-5-4-9-17(18)28(24)41)35-32-37-30(33)36-31(38-32)34-20-12-6-11-19-23(20)27(40)16-8-3-2-7-15(16)26(19)39/h2-14H,1H3,(H2,34,35,36,37,38). The number of ketones is 4. The minimum Gasteiger partial charge on any atom is -0.496 e. The molecule has 2 aliphatic carbocycles. The van der Waals surface area contributed by atoms with Crippen LogP contribution in [0.4, 0.5) is 23.3 Å². The van der Waals surface area contributed by atoms with Gasteiger partial charge in [0.05, 0.1) is 35.2 Å². The summed E-state index contributed by atoms with van der Waals surface area (Å²) in [4.78, 5) is 66.2. The maximum Gasteiger partial charge on any atom is 0.233 e. The second kappa shape index (κ2) is 9.97. The molecule has 1 aromatic heterocycles. The molecule has 7 rings (SSSR count). The number of nitrogens with one attached hydrogen (secondary N) is 2. The lowest BCUT2D eigenvalue weighted by molar-refractivity contribution is 0.0977. The topological polar surface area (TPSA) is 140 Å². The number of hydrogen-bond acceptors (Lipinski definition) is 10. The van der Waals surface area contributed by atoms with Gasteiger partial charge in [-0.2, -0.15) is 15.0 Å². The fourth-order valence-corrected chi connectivity index (χ4v) is 5.58. The Kier molecular flexibility index (Phi) is 6.07. The largest absolute Gasteiger partial charge is 0.496 e. The van der Waals surface area contributed by atoms with Crippen molar-refractivity contribution in [1.29, 1.82) is 0 Å². The molecular formula is C32H18ClN5O5. The maximum absolute atomic E-state index is 13.6. The minimum atomic E-state index is -0.371. The van der Waals surface area contributed by atoms with Crippen LogP contribution < -0.4 is 15.4 Å². The summed E-state index contributed by atoms with van der Waals surface area (Å²) in [6.07, 6.45) is 0. The van der Waals surface area contributed by atoms with Gasteiger partial charge >= 0.3 is 0 Å². The average Bonchev–Trinajstić information content (AvgIpc) is 3.02. The van der Waals surface area contributed by atoms with E-state index in [0.717, 1.165) is 0 Å². The van der Waals surface area contributed by atoms with Gasteiger partial charge in [-0.3, -0.25) is 19.2 Å². The van der Waals surface area contributed by atoms with Gasteiger partial charge in [0.1, 0.15) is 5.75 Å². The molecule has 0 atom stereocenters. The molecular weight excluding hydrogens is 570 g/mol. The molecule has 0 unspecified atom stereocenters. The van der Waals surface area contributed by atoms with Crippen molar-refractivity contribution in [1.82, 2.24) is 15.0 Å². The Morgan fingerprint density at radius 2 is 1.02 bits per heavy atom. The fraction of sp³-hybridized carbons (Fsp3) is 0.0312. The lowest BCUT2D eigenvalue weighted by atomic mass is 9.82. The van der Waals surface area contributed by atoms with Crippen molar-refractivity contribution in [2.45, 2.75) is 0 Å². The van der Waals surface area contributed by atoms with Crippen LogP contribution in [0.15, 0.2) is 78.9 Å². The molecule has 43 heavy (non-hydrogen) atoms. The molecule has 1 heterocycles. The number of benzene rings is 4. The zero-order valence-corrected chi connectivity index (χ0v) is 23.0. The number of ether oxygens (including phenoxy) is 1. The van der Waals surface area contributed by atoms with Crippen LogP contribution in [0.1, 0.15) is 63.7 Å². The van der Waals surface area contributed by atoms with Gasteiger partial charge in [0.15, 0.2) is 23.1 Å². The number of methoxy groups -OCH3 is 1. The summed E-state index contributed by atoms with van der Waals surface area (Å²) >= 11 is 6.25. The van der Waals surface area contributed by atoms with E-state index in [-0.39, 0.29) is 85.1 Å². The van der Waals surface area contributed by atoms with Gasteiger partial charge in [-0.25, -0.2) is 0 Å². The third kappa shape index (κ3) is 4.15. The van der Waals surface area contributed by atoms with Crippen LogP contribution in [0.25, 0.3) is 0 Å². The summed E-state index contributed by atoms with van der Waals surface area (Å²) in [5.74, 6) is -1.12. The highest BCUT2D eigenvalue weighted by atomic mass is 35.5. The van der Waals surface area contributed by atoms with Crippen molar-refractivity contribution in [2.24, 2.45) is 0 Å². The Morgan fingerprint density at radius 3 is 1.60 bits per heavy atom. The number of carbonyl (C=O) groups is 4. The Balaban J connectivity index is 1.27. The Morgan fingerprint density at radius 1 is 0.535 bits per heavy atom. The van der Waals surface area contributed by atoms with E-state index in [1.54, 1.807) is 78.9 Å². The van der Waals surface area contributed by atoms with Crippen LogP contribution >= 0.6 is 11.6 Å². The second-order valence-electron chi connectivity index (χ2n) is 9.70. The van der Waals surface area contributed by atoms with Crippen LogP contribution in [0.5, 0.6) is 5.75 Å². The first-order chi connectivity index (χ1) is 20.9. The molecule has 0 spiro atoms.